The predicted molar refractivity (Wildman–Crippen MR) is 91.5 cm³/mol. The van der Waals surface area contributed by atoms with Gasteiger partial charge < -0.3 is 15.0 Å². The van der Waals surface area contributed by atoms with E-state index in [0.29, 0.717) is 31.8 Å². The van der Waals surface area contributed by atoms with Crippen LogP contribution in [0.1, 0.15) is 22.8 Å². The number of aromatic nitrogens is 1. The first kappa shape index (κ1) is 17.0. The highest BCUT2D eigenvalue weighted by Crippen LogP contribution is 2.13. The molecule has 1 aromatic heterocycles. The fourth-order valence-electron chi connectivity index (χ4n) is 2.26. The number of hydrogen-bond donors (Lipinski definition) is 1. The number of nitrogens with zero attached hydrogens (tertiary/aromatic N) is 2. The van der Waals surface area contributed by atoms with E-state index < -0.39 is 0 Å². The number of ether oxygens (including phenoxy) is 1. The molecule has 0 unspecified atom stereocenters. The first-order valence-electron chi connectivity index (χ1n) is 7.75. The number of pyridine rings is 1. The molecule has 5 nitrogen and oxygen atoms in total. The van der Waals surface area contributed by atoms with Gasteiger partial charge in [0.15, 0.2) is 0 Å². The maximum Gasteiger partial charge on any atom is 0.255 e. The van der Waals surface area contributed by atoms with Crippen molar-refractivity contribution in [2.45, 2.75) is 13.5 Å². The van der Waals surface area contributed by atoms with Crippen molar-refractivity contribution in [1.29, 1.82) is 0 Å². The van der Waals surface area contributed by atoms with Crippen molar-refractivity contribution in [3.05, 3.63) is 59.9 Å². The summed E-state index contributed by atoms with van der Waals surface area (Å²) < 4.78 is 5.01. The number of benzene rings is 1. The average Bonchev–Trinajstić information content (AvgIpc) is 2.60. The van der Waals surface area contributed by atoms with Crippen molar-refractivity contribution in [3.63, 3.8) is 0 Å². The van der Waals surface area contributed by atoms with Gasteiger partial charge in [0.1, 0.15) is 0 Å². The quantitative estimate of drug-likeness (QED) is 0.761. The largest absolute Gasteiger partial charge is 0.383 e. The van der Waals surface area contributed by atoms with E-state index in [9.17, 15) is 4.79 Å². The molecule has 0 aliphatic carbocycles. The van der Waals surface area contributed by atoms with Crippen LogP contribution in [0.3, 0.4) is 0 Å². The molecule has 0 aliphatic rings. The number of carbonyl (C=O) groups is 1. The summed E-state index contributed by atoms with van der Waals surface area (Å²) >= 11 is 0. The van der Waals surface area contributed by atoms with Crippen LogP contribution >= 0.6 is 0 Å². The molecule has 5 heteroatoms. The molecule has 23 heavy (non-hydrogen) atoms. The van der Waals surface area contributed by atoms with Crippen molar-refractivity contribution in [2.24, 2.45) is 0 Å². The van der Waals surface area contributed by atoms with Crippen molar-refractivity contribution < 1.29 is 9.53 Å². The molecule has 0 saturated carbocycles. The van der Waals surface area contributed by atoms with Crippen LogP contribution in [0.15, 0.2) is 48.8 Å². The molecule has 1 heterocycles. The fraction of sp³-hybridized carbons (Fsp3) is 0.333. The highest BCUT2D eigenvalue weighted by Gasteiger charge is 2.15. The topological polar surface area (TPSA) is 54.5 Å². The summed E-state index contributed by atoms with van der Waals surface area (Å²) in [5.41, 5.74) is 2.53. The van der Waals surface area contributed by atoms with Crippen LogP contribution < -0.4 is 5.32 Å². The van der Waals surface area contributed by atoms with Crippen LogP contribution in [0.5, 0.6) is 0 Å². The Morgan fingerprint density at radius 2 is 2.04 bits per heavy atom. The van der Waals surface area contributed by atoms with Gasteiger partial charge in [-0.2, -0.15) is 0 Å². The zero-order valence-corrected chi connectivity index (χ0v) is 13.7. The van der Waals surface area contributed by atoms with Gasteiger partial charge >= 0.3 is 0 Å². The highest BCUT2D eigenvalue weighted by atomic mass is 16.5. The summed E-state index contributed by atoms with van der Waals surface area (Å²) in [6.07, 6.45) is 3.32. The van der Waals surface area contributed by atoms with Crippen LogP contribution in [0.25, 0.3) is 0 Å². The van der Waals surface area contributed by atoms with E-state index in [2.05, 4.69) is 10.3 Å². The Kier molecular flexibility index (Phi) is 6.56. The second kappa shape index (κ2) is 8.90. The van der Waals surface area contributed by atoms with E-state index in [0.717, 1.165) is 11.3 Å². The van der Waals surface area contributed by atoms with E-state index in [4.69, 9.17) is 4.74 Å². The fourth-order valence-corrected chi connectivity index (χ4v) is 2.26. The van der Waals surface area contributed by atoms with Crippen LogP contribution in [0.2, 0.25) is 0 Å². The number of nitrogens with one attached hydrogen (secondary N) is 1. The van der Waals surface area contributed by atoms with E-state index in [1.807, 2.05) is 48.2 Å². The highest BCUT2D eigenvalue weighted by molar-refractivity contribution is 5.94. The molecule has 1 aromatic carbocycles. The number of anilines is 1. The number of amides is 1. The Hall–Kier alpha value is -2.40. The molecule has 0 atom stereocenters. The Morgan fingerprint density at radius 3 is 2.74 bits per heavy atom. The molecule has 0 spiro atoms. The van der Waals surface area contributed by atoms with Gasteiger partial charge in [0.25, 0.3) is 5.91 Å². The minimum Gasteiger partial charge on any atom is -0.383 e. The van der Waals surface area contributed by atoms with E-state index in [-0.39, 0.29) is 5.91 Å². The summed E-state index contributed by atoms with van der Waals surface area (Å²) in [5, 5.41) is 3.19. The van der Waals surface area contributed by atoms with E-state index >= 15 is 0 Å². The monoisotopic (exact) mass is 313 g/mol. The van der Waals surface area contributed by atoms with Crippen molar-refractivity contribution in [2.75, 3.05) is 32.1 Å². The molecular weight excluding hydrogens is 290 g/mol. The minimum absolute atomic E-state index is 0.0146. The maximum absolute atomic E-state index is 12.7. The van der Waals surface area contributed by atoms with Gasteiger partial charge in [-0.15, -0.1) is 0 Å². The zero-order chi connectivity index (χ0) is 16.5. The van der Waals surface area contributed by atoms with Gasteiger partial charge in [-0.3, -0.25) is 9.78 Å². The number of carbonyl (C=O) groups excluding carboxylic acids is 1. The molecule has 1 N–H and O–H groups in total. The molecule has 122 valence electrons. The third kappa shape index (κ3) is 5.07. The molecule has 0 saturated heterocycles. The van der Waals surface area contributed by atoms with Gasteiger partial charge in [-0.25, -0.2) is 0 Å². The summed E-state index contributed by atoms with van der Waals surface area (Å²) in [6.45, 7) is 4.51. The SMILES string of the molecule is CCN(Cc1ccccc1)C(=O)c1cncc(NCCOC)c1. The lowest BCUT2D eigenvalue weighted by Crippen LogP contribution is -2.30. The molecular formula is C18H23N3O2. The predicted octanol–water partition coefficient (Wildman–Crippen LogP) is 2.80. The molecule has 0 bridgehead atoms. The summed E-state index contributed by atoms with van der Waals surface area (Å²) in [4.78, 5) is 18.7. The molecule has 0 radical (unpaired) electrons. The second-order valence-electron chi connectivity index (χ2n) is 5.19. The van der Waals surface area contributed by atoms with Crippen LogP contribution in [0, 0.1) is 0 Å². The van der Waals surface area contributed by atoms with Crippen LogP contribution in [-0.4, -0.2) is 42.6 Å². The minimum atomic E-state index is -0.0146. The Morgan fingerprint density at radius 1 is 1.26 bits per heavy atom. The van der Waals surface area contributed by atoms with Crippen molar-refractivity contribution in [3.8, 4) is 0 Å². The molecule has 1 amide bonds. The number of hydrogen-bond acceptors (Lipinski definition) is 4. The first-order chi connectivity index (χ1) is 11.2. The summed E-state index contributed by atoms with van der Waals surface area (Å²) in [7, 11) is 1.66. The second-order valence-corrected chi connectivity index (χ2v) is 5.19. The van der Waals surface area contributed by atoms with Crippen molar-refractivity contribution >= 4 is 11.6 Å². The smallest absolute Gasteiger partial charge is 0.255 e. The third-order valence-electron chi connectivity index (χ3n) is 3.51. The first-order valence-corrected chi connectivity index (χ1v) is 7.75. The van der Waals surface area contributed by atoms with Crippen LogP contribution in [-0.2, 0) is 11.3 Å². The normalized spacial score (nSPS) is 10.3. The average molecular weight is 313 g/mol. The summed E-state index contributed by atoms with van der Waals surface area (Å²) in [6, 6.07) is 11.8. The number of rotatable bonds is 8. The number of methoxy groups -OCH3 is 1. The lowest BCUT2D eigenvalue weighted by atomic mass is 10.2. The lowest BCUT2D eigenvalue weighted by Gasteiger charge is -2.21. The zero-order valence-electron chi connectivity index (χ0n) is 13.7. The van der Waals surface area contributed by atoms with E-state index in [1.165, 1.54) is 0 Å². The molecule has 2 rings (SSSR count). The van der Waals surface area contributed by atoms with E-state index in [1.54, 1.807) is 19.5 Å². The Labute approximate surface area is 137 Å². The molecule has 2 aromatic rings. The third-order valence-corrected chi connectivity index (χ3v) is 3.51. The van der Waals surface area contributed by atoms with Gasteiger partial charge in [-0.1, -0.05) is 30.3 Å². The maximum atomic E-state index is 12.7. The van der Waals surface area contributed by atoms with Crippen molar-refractivity contribution in [1.82, 2.24) is 9.88 Å². The Bertz CT molecular complexity index is 617. The molecule has 0 fully saturated rings. The van der Waals surface area contributed by atoms with Gasteiger partial charge in [-0.05, 0) is 18.6 Å². The summed E-state index contributed by atoms with van der Waals surface area (Å²) in [5.74, 6) is -0.0146. The van der Waals surface area contributed by atoms with Gasteiger partial charge in [0.05, 0.1) is 17.9 Å². The van der Waals surface area contributed by atoms with Gasteiger partial charge in [0.2, 0.25) is 0 Å². The lowest BCUT2D eigenvalue weighted by molar-refractivity contribution is 0.0752. The Balaban J connectivity index is 2.06. The molecule has 0 aliphatic heterocycles. The van der Waals surface area contributed by atoms with Gasteiger partial charge in [0, 0.05) is 39.1 Å². The van der Waals surface area contributed by atoms with Crippen LogP contribution in [0.4, 0.5) is 5.69 Å². The standard InChI is InChI=1S/C18H23N3O2/c1-3-21(14-15-7-5-4-6-8-15)18(22)16-11-17(13-19-12-16)20-9-10-23-2/h4-8,11-13,20H,3,9-10,14H2,1-2H3.